The molecular formula is C23H26N4O3S. The largest absolute Gasteiger partial charge is 0.507 e. The van der Waals surface area contributed by atoms with Crippen molar-refractivity contribution in [2.24, 2.45) is 10.2 Å². The number of sulfonamides is 1. The van der Waals surface area contributed by atoms with Gasteiger partial charge in [-0.25, -0.2) is 8.42 Å². The zero-order valence-electron chi connectivity index (χ0n) is 17.5. The Balaban J connectivity index is 1.78. The Labute approximate surface area is 182 Å². The van der Waals surface area contributed by atoms with Gasteiger partial charge in [0.05, 0.1) is 11.1 Å². The molecular weight excluding hydrogens is 412 g/mol. The lowest BCUT2D eigenvalue weighted by Gasteiger charge is -2.20. The SMILES string of the molecule is Cc1cc(O)c2c(N=Nc3ccccc3S(=O)(=O)N3CCCCCC3)c(N)ccc2c1. The van der Waals surface area contributed by atoms with Gasteiger partial charge < -0.3 is 10.8 Å². The molecule has 0 unspecified atom stereocenters. The van der Waals surface area contributed by atoms with Crippen molar-refractivity contribution in [2.45, 2.75) is 37.5 Å². The fraction of sp³-hybridized carbons (Fsp3) is 0.304. The van der Waals surface area contributed by atoms with E-state index in [-0.39, 0.29) is 16.3 Å². The van der Waals surface area contributed by atoms with E-state index in [9.17, 15) is 13.5 Å². The van der Waals surface area contributed by atoms with E-state index in [1.165, 1.54) is 4.31 Å². The molecule has 0 amide bonds. The fourth-order valence-electron chi connectivity index (χ4n) is 3.98. The van der Waals surface area contributed by atoms with E-state index in [2.05, 4.69) is 10.2 Å². The van der Waals surface area contributed by atoms with Gasteiger partial charge in [0.1, 0.15) is 22.0 Å². The summed E-state index contributed by atoms with van der Waals surface area (Å²) in [6, 6.07) is 13.7. The number of nitrogen functional groups attached to an aromatic ring is 1. The molecule has 0 bridgehead atoms. The molecule has 1 fully saturated rings. The normalized spacial score (nSPS) is 16.0. The number of nitrogens with zero attached hydrogens (tertiary/aromatic N) is 3. The summed E-state index contributed by atoms with van der Waals surface area (Å²) in [6.45, 7) is 2.91. The highest BCUT2D eigenvalue weighted by Crippen LogP contribution is 2.40. The van der Waals surface area contributed by atoms with Crippen LogP contribution in [-0.4, -0.2) is 30.9 Å². The van der Waals surface area contributed by atoms with Gasteiger partial charge in [0.2, 0.25) is 10.0 Å². The number of azo groups is 1. The summed E-state index contributed by atoms with van der Waals surface area (Å²) in [5, 5.41) is 20.3. The average Bonchev–Trinajstić information content (AvgIpc) is 3.03. The Morgan fingerprint density at radius 1 is 0.968 bits per heavy atom. The number of benzene rings is 3. The lowest BCUT2D eigenvalue weighted by Crippen LogP contribution is -2.31. The molecule has 31 heavy (non-hydrogen) atoms. The van der Waals surface area contributed by atoms with Crippen molar-refractivity contribution < 1.29 is 13.5 Å². The van der Waals surface area contributed by atoms with Crippen molar-refractivity contribution >= 4 is 37.9 Å². The van der Waals surface area contributed by atoms with Gasteiger partial charge in [0, 0.05) is 13.1 Å². The van der Waals surface area contributed by atoms with Crippen molar-refractivity contribution in [3.8, 4) is 5.75 Å². The number of hydrogen-bond donors (Lipinski definition) is 2. The van der Waals surface area contributed by atoms with E-state index in [4.69, 9.17) is 5.73 Å². The maximum Gasteiger partial charge on any atom is 0.245 e. The molecule has 1 heterocycles. The van der Waals surface area contributed by atoms with Crippen LogP contribution in [0.1, 0.15) is 31.2 Å². The van der Waals surface area contributed by atoms with Gasteiger partial charge in [-0.1, -0.05) is 37.1 Å². The van der Waals surface area contributed by atoms with E-state index in [0.717, 1.165) is 36.6 Å². The molecule has 0 aliphatic carbocycles. The van der Waals surface area contributed by atoms with Crippen LogP contribution in [0.4, 0.5) is 17.1 Å². The summed E-state index contributed by atoms with van der Waals surface area (Å²) in [5.74, 6) is 0.0572. The van der Waals surface area contributed by atoms with Crippen LogP contribution in [-0.2, 0) is 10.0 Å². The van der Waals surface area contributed by atoms with Gasteiger partial charge in [0.15, 0.2) is 0 Å². The molecule has 0 spiro atoms. The smallest absolute Gasteiger partial charge is 0.245 e. The van der Waals surface area contributed by atoms with E-state index in [1.54, 1.807) is 36.4 Å². The van der Waals surface area contributed by atoms with Crippen molar-refractivity contribution in [1.82, 2.24) is 4.31 Å². The first-order valence-electron chi connectivity index (χ1n) is 10.4. The topological polar surface area (TPSA) is 108 Å². The second-order valence-corrected chi connectivity index (χ2v) is 9.78. The van der Waals surface area contributed by atoms with Crippen molar-refractivity contribution in [2.75, 3.05) is 18.8 Å². The number of phenols is 1. The van der Waals surface area contributed by atoms with Crippen LogP contribution >= 0.6 is 0 Å². The van der Waals surface area contributed by atoms with E-state index >= 15 is 0 Å². The van der Waals surface area contributed by atoms with Crippen LogP contribution in [0.25, 0.3) is 10.8 Å². The Morgan fingerprint density at radius 3 is 2.42 bits per heavy atom. The molecule has 1 aliphatic heterocycles. The van der Waals surface area contributed by atoms with E-state index < -0.39 is 10.0 Å². The predicted molar refractivity (Wildman–Crippen MR) is 123 cm³/mol. The molecule has 0 atom stereocenters. The monoisotopic (exact) mass is 438 g/mol. The van der Waals surface area contributed by atoms with Crippen molar-refractivity contribution in [3.05, 3.63) is 54.1 Å². The molecule has 0 aromatic heterocycles. The van der Waals surface area contributed by atoms with Crippen molar-refractivity contribution in [3.63, 3.8) is 0 Å². The molecule has 4 rings (SSSR count). The molecule has 0 saturated carbocycles. The highest BCUT2D eigenvalue weighted by Gasteiger charge is 2.27. The van der Waals surface area contributed by atoms with Gasteiger partial charge in [-0.2, -0.15) is 4.31 Å². The van der Waals surface area contributed by atoms with Crippen LogP contribution in [0, 0.1) is 6.92 Å². The molecule has 1 aliphatic rings. The summed E-state index contributed by atoms with van der Waals surface area (Å²) < 4.78 is 28.1. The molecule has 3 aromatic carbocycles. The summed E-state index contributed by atoms with van der Waals surface area (Å²) in [5.41, 5.74) is 7.95. The third-order valence-electron chi connectivity index (χ3n) is 5.55. The Bertz CT molecular complexity index is 1250. The Kier molecular flexibility index (Phi) is 5.93. The minimum atomic E-state index is -3.69. The van der Waals surface area contributed by atoms with Crippen LogP contribution in [0.5, 0.6) is 5.75 Å². The minimum Gasteiger partial charge on any atom is -0.507 e. The minimum absolute atomic E-state index is 0.0572. The zero-order chi connectivity index (χ0) is 22.0. The number of nitrogens with two attached hydrogens (primary N) is 1. The third kappa shape index (κ3) is 4.26. The highest BCUT2D eigenvalue weighted by molar-refractivity contribution is 7.89. The second kappa shape index (κ2) is 8.64. The molecule has 8 heteroatoms. The first kappa shape index (κ1) is 21.3. The molecule has 0 radical (unpaired) electrons. The first-order valence-corrected chi connectivity index (χ1v) is 11.8. The number of rotatable bonds is 4. The number of fused-ring (bicyclic) bond motifs is 1. The van der Waals surface area contributed by atoms with Gasteiger partial charge in [0.25, 0.3) is 0 Å². The number of phenolic OH excluding ortho intramolecular Hbond substituents is 1. The summed E-state index contributed by atoms with van der Waals surface area (Å²) in [4.78, 5) is 0.125. The fourth-order valence-corrected chi connectivity index (χ4v) is 5.62. The first-order chi connectivity index (χ1) is 14.9. The van der Waals surface area contributed by atoms with Crippen molar-refractivity contribution in [1.29, 1.82) is 0 Å². The van der Waals surface area contributed by atoms with E-state index in [0.29, 0.717) is 29.9 Å². The molecule has 7 nitrogen and oxygen atoms in total. The number of aryl methyl sites for hydroxylation is 1. The van der Waals surface area contributed by atoms with Gasteiger partial charge in [-0.3, -0.25) is 0 Å². The van der Waals surface area contributed by atoms with Crippen LogP contribution in [0.15, 0.2) is 63.7 Å². The Hall–Kier alpha value is -2.97. The van der Waals surface area contributed by atoms with Gasteiger partial charge in [-0.15, -0.1) is 10.2 Å². The van der Waals surface area contributed by atoms with E-state index in [1.807, 2.05) is 19.1 Å². The summed E-state index contributed by atoms with van der Waals surface area (Å²) in [6.07, 6.45) is 3.79. The average molecular weight is 439 g/mol. The number of aromatic hydroxyl groups is 1. The summed E-state index contributed by atoms with van der Waals surface area (Å²) in [7, 11) is -3.69. The van der Waals surface area contributed by atoms with Gasteiger partial charge >= 0.3 is 0 Å². The third-order valence-corrected chi connectivity index (χ3v) is 7.50. The molecule has 3 N–H and O–H groups in total. The molecule has 162 valence electrons. The number of anilines is 1. The molecule has 3 aromatic rings. The number of hydrogen-bond acceptors (Lipinski definition) is 6. The lowest BCUT2D eigenvalue weighted by molar-refractivity contribution is 0.424. The highest BCUT2D eigenvalue weighted by atomic mass is 32.2. The molecule has 1 saturated heterocycles. The van der Waals surface area contributed by atoms with Gasteiger partial charge in [-0.05, 0) is 55.0 Å². The second-order valence-electron chi connectivity index (χ2n) is 7.87. The van der Waals surface area contributed by atoms with Crippen LogP contribution < -0.4 is 5.73 Å². The zero-order valence-corrected chi connectivity index (χ0v) is 18.3. The maximum atomic E-state index is 13.3. The standard InChI is InChI=1S/C23H26N4O3S/c1-16-14-17-10-11-18(24)23(22(17)20(28)15-16)26-25-19-8-4-5-9-21(19)31(29,30)27-12-6-2-3-7-13-27/h4-5,8-11,14-15,28H,2-3,6-7,12-13,24H2,1H3. The maximum absolute atomic E-state index is 13.3. The van der Waals surface area contributed by atoms with Crippen LogP contribution in [0.3, 0.4) is 0 Å². The Morgan fingerprint density at radius 2 is 1.68 bits per heavy atom. The summed E-state index contributed by atoms with van der Waals surface area (Å²) >= 11 is 0. The van der Waals surface area contributed by atoms with Crippen LogP contribution in [0.2, 0.25) is 0 Å². The quantitative estimate of drug-likeness (QED) is 0.419. The predicted octanol–water partition coefficient (Wildman–Crippen LogP) is 5.42. The lowest BCUT2D eigenvalue weighted by atomic mass is 10.0.